The van der Waals surface area contributed by atoms with Gasteiger partial charge in [-0.05, 0) is 38.0 Å². The summed E-state index contributed by atoms with van der Waals surface area (Å²) in [5.74, 6) is -1.37. The number of rotatable bonds is 7. The maximum absolute atomic E-state index is 12.4. The fourth-order valence-electron chi connectivity index (χ4n) is 2.52. The molecular formula is C20H23NO4S. The molecule has 1 N–H and O–H groups in total. The molecule has 1 amide bonds. The zero-order valence-corrected chi connectivity index (χ0v) is 16.2. The zero-order chi connectivity index (χ0) is 19.3. The summed E-state index contributed by atoms with van der Waals surface area (Å²) >= 11 is 1.53. The third-order valence-corrected chi connectivity index (χ3v) is 4.90. The first-order valence-electron chi connectivity index (χ1n) is 8.42. The van der Waals surface area contributed by atoms with Gasteiger partial charge < -0.3 is 10.1 Å². The van der Waals surface area contributed by atoms with Crippen molar-refractivity contribution in [2.24, 2.45) is 5.92 Å². The largest absolute Gasteiger partial charge is 0.456 e. The van der Waals surface area contributed by atoms with Crippen LogP contribution in [0.15, 0.2) is 36.4 Å². The van der Waals surface area contributed by atoms with E-state index in [-0.39, 0.29) is 24.2 Å². The molecule has 2 rings (SSSR count). The van der Waals surface area contributed by atoms with Crippen LogP contribution >= 0.6 is 11.3 Å². The quantitative estimate of drug-likeness (QED) is 0.595. The number of carbonyl (C=O) groups excluding carboxylic acids is 3. The van der Waals surface area contributed by atoms with E-state index in [1.807, 2.05) is 33.8 Å². The molecule has 0 aliphatic rings. The Labute approximate surface area is 157 Å². The summed E-state index contributed by atoms with van der Waals surface area (Å²) in [6, 6.07) is 9.63. The number of aryl methyl sites for hydroxylation is 2. The van der Waals surface area contributed by atoms with Crippen LogP contribution < -0.4 is 5.32 Å². The van der Waals surface area contributed by atoms with Gasteiger partial charge in [0.15, 0.2) is 6.61 Å². The van der Waals surface area contributed by atoms with E-state index in [1.54, 1.807) is 30.3 Å². The third kappa shape index (κ3) is 5.02. The van der Waals surface area contributed by atoms with E-state index < -0.39 is 12.0 Å². The molecule has 0 fully saturated rings. The Kier molecular flexibility index (Phi) is 6.69. The van der Waals surface area contributed by atoms with Crippen LogP contribution in [0.2, 0.25) is 0 Å². The summed E-state index contributed by atoms with van der Waals surface area (Å²) in [4.78, 5) is 38.9. The first-order chi connectivity index (χ1) is 12.3. The molecule has 0 saturated carbocycles. The van der Waals surface area contributed by atoms with E-state index >= 15 is 0 Å². The van der Waals surface area contributed by atoms with Gasteiger partial charge in [0.2, 0.25) is 5.78 Å². The van der Waals surface area contributed by atoms with Crippen molar-refractivity contribution in [2.75, 3.05) is 6.61 Å². The molecule has 5 nitrogen and oxygen atoms in total. The number of ketones is 1. The summed E-state index contributed by atoms with van der Waals surface area (Å²) in [7, 11) is 0. The fourth-order valence-corrected chi connectivity index (χ4v) is 3.47. The van der Waals surface area contributed by atoms with Gasteiger partial charge in [0.1, 0.15) is 6.04 Å². The van der Waals surface area contributed by atoms with Crippen molar-refractivity contribution in [1.82, 2.24) is 5.32 Å². The number of nitrogens with one attached hydrogen (secondary N) is 1. The molecule has 0 radical (unpaired) electrons. The number of amides is 1. The van der Waals surface area contributed by atoms with Gasteiger partial charge in [-0.1, -0.05) is 32.0 Å². The monoisotopic (exact) mass is 373 g/mol. The Morgan fingerprint density at radius 2 is 1.77 bits per heavy atom. The molecule has 0 bridgehead atoms. The molecule has 0 spiro atoms. The molecule has 26 heavy (non-hydrogen) atoms. The number of benzene rings is 1. The standard InChI is InChI=1S/C20H23NO4S/c1-12(2)18(21-19(23)15-8-6-5-7-9-15)20(24)25-11-17(22)16-10-13(3)26-14(16)4/h5-10,12,18H,11H2,1-4H3,(H,21,23)/t18-/m0/s1. The molecule has 138 valence electrons. The van der Waals surface area contributed by atoms with Gasteiger partial charge in [0, 0.05) is 20.9 Å². The second-order valence-electron chi connectivity index (χ2n) is 6.42. The lowest BCUT2D eigenvalue weighted by Gasteiger charge is -2.20. The van der Waals surface area contributed by atoms with Crippen LogP contribution in [-0.2, 0) is 9.53 Å². The summed E-state index contributed by atoms with van der Waals surface area (Å²) in [6.45, 7) is 7.08. The molecule has 1 atom stereocenters. The summed E-state index contributed by atoms with van der Waals surface area (Å²) in [6.07, 6.45) is 0. The van der Waals surface area contributed by atoms with Crippen LogP contribution in [0.1, 0.15) is 44.3 Å². The van der Waals surface area contributed by atoms with Gasteiger partial charge in [-0.3, -0.25) is 9.59 Å². The van der Waals surface area contributed by atoms with Crippen molar-refractivity contribution in [3.63, 3.8) is 0 Å². The topological polar surface area (TPSA) is 72.5 Å². The Hall–Kier alpha value is -2.47. The van der Waals surface area contributed by atoms with E-state index in [0.29, 0.717) is 11.1 Å². The minimum absolute atomic E-state index is 0.171. The van der Waals surface area contributed by atoms with Crippen LogP contribution in [0, 0.1) is 19.8 Å². The molecule has 1 aromatic heterocycles. The lowest BCUT2D eigenvalue weighted by molar-refractivity contribution is -0.145. The molecule has 1 heterocycles. The number of carbonyl (C=O) groups is 3. The predicted molar refractivity (Wildman–Crippen MR) is 102 cm³/mol. The number of thiophene rings is 1. The Morgan fingerprint density at radius 1 is 1.12 bits per heavy atom. The highest BCUT2D eigenvalue weighted by Gasteiger charge is 2.27. The lowest BCUT2D eigenvalue weighted by atomic mass is 10.0. The van der Waals surface area contributed by atoms with E-state index in [0.717, 1.165) is 9.75 Å². The fraction of sp³-hybridized carbons (Fsp3) is 0.350. The van der Waals surface area contributed by atoms with Gasteiger partial charge in [0.25, 0.3) is 5.91 Å². The molecular weight excluding hydrogens is 350 g/mol. The third-order valence-electron chi connectivity index (χ3n) is 3.93. The van der Waals surface area contributed by atoms with Crippen LogP contribution in [0.25, 0.3) is 0 Å². The first kappa shape index (κ1) is 19.8. The smallest absolute Gasteiger partial charge is 0.329 e. The number of Topliss-reactive ketones (excluding diaryl/α,β-unsaturated/α-hetero) is 1. The Balaban J connectivity index is 1.99. The van der Waals surface area contributed by atoms with E-state index in [2.05, 4.69) is 5.32 Å². The Bertz CT molecular complexity index is 795. The maximum Gasteiger partial charge on any atom is 0.329 e. The number of hydrogen-bond acceptors (Lipinski definition) is 5. The molecule has 0 aliphatic heterocycles. The average Bonchev–Trinajstić information content (AvgIpc) is 2.95. The van der Waals surface area contributed by atoms with E-state index in [1.165, 1.54) is 11.3 Å². The van der Waals surface area contributed by atoms with Crippen LogP contribution in [0.5, 0.6) is 0 Å². The SMILES string of the molecule is Cc1cc(C(=O)COC(=O)[C@@H](NC(=O)c2ccccc2)C(C)C)c(C)s1. The molecule has 1 aromatic carbocycles. The van der Waals surface area contributed by atoms with Gasteiger partial charge in [0.05, 0.1) is 0 Å². The average molecular weight is 373 g/mol. The second-order valence-corrected chi connectivity index (χ2v) is 7.88. The minimum atomic E-state index is -0.819. The highest BCUT2D eigenvalue weighted by atomic mass is 32.1. The Morgan fingerprint density at radius 3 is 2.31 bits per heavy atom. The number of ether oxygens (including phenoxy) is 1. The molecule has 2 aromatic rings. The van der Waals surface area contributed by atoms with Gasteiger partial charge in [-0.15, -0.1) is 11.3 Å². The maximum atomic E-state index is 12.4. The highest BCUT2D eigenvalue weighted by molar-refractivity contribution is 7.12. The van der Waals surface area contributed by atoms with Crippen LogP contribution in [-0.4, -0.2) is 30.3 Å². The molecule has 0 unspecified atom stereocenters. The van der Waals surface area contributed by atoms with Gasteiger partial charge >= 0.3 is 5.97 Å². The highest BCUT2D eigenvalue weighted by Crippen LogP contribution is 2.21. The lowest BCUT2D eigenvalue weighted by Crippen LogP contribution is -2.45. The number of esters is 1. The molecule has 0 saturated heterocycles. The van der Waals surface area contributed by atoms with Crippen molar-refractivity contribution in [3.05, 3.63) is 57.3 Å². The second kappa shape index (κ2) is 8.76. The van der Waals surface area contributed by atoms with Crippen molar-refractivity contribution < 1.29 is 19.1 Å². The summed E-state index contributed by atoms with van der Waals surface area (Å²) in [5, 5.41) is 2.69. The van der Waals surface area contributed by atoms with Gasteiger partial charge in [-0.25, -0.2) is 4.79 Å². The number of hydrogen-bond donors (Lipinski definition) is 1. The zero-order valence-electron chi connectivity index (χ0n) is 15.4. The van der Waals surface area contributed by atoms with Crippen LogP contribution in [0.3, 0.4) is 0 Å². The van der Waals surface area contributed by atoms with Gasteiger partial charge in [-0.2, -0.15) is 0 Å². The van der Waals surface area contributed by atoms with Crippen molar-refractivity contribution in [1.29, 1.82) is 0 Å². The van der Waals surface area contributed by atoms with Crippen molar-refractivity contribution in [2.45, 2.75) is 33.7 Å². The first-order valence-corrected chi connectivity index (χ1v) is 9.24. The summed E-state index contributed by atoms with van der Waals surface area (Å²) in [5.41, 5.74) is 1.04. The predicted octanol–water partition coefficient (Wildman–Crippen LogP) is 3.55. The van der Waals surface area contributed by atoms with E-state index in [9.17, 15) is 14.4 Å². The van der Waals surface area contributed by atoms with Crippen molar-refractivity contribution in [3.8, 4) is 0 Å². The molecule has 0 aliphatic carbocycles. The normalized spacial score (nSPS) is 11.9. The minimum Gasteiger partial charge on any atom is -0.456 e. The van der Waals surface area contributed by atoms with Crippen LogP contribution in [0.4, 0.5) is 0 Å². The summed E-state index contributed by atoms with van der Waals surface area (Å²) < 4.78 is 5.18. The molecule has 6 heteroatoms. The van der Waals surface area contributed by atoms with E-state index in [4.69, 9.17) is 4.74 Å². The van der Waals surface area contributed by atoms with Crippen molar-refractivity contribution >= 4 is 29.0 Å².